The second kappa shape index (κ2) is 5.09. The second-order valence-electron chi connectivity index (χ2n) is 3.91. The monoisotopic (exact) mass is 219 g/mol. The van der Waals surface area contributed by atoms with E-state index in [0.29, 0.717) is 13.1 Å². The molecule has 0 bridgehead atoms. The minimum absolute atomic E-state index is 0.0222. The summed E-state index contributed by atoms with van der Waals surface area (Å²) in [6.45, 7) is 2.76. The van der Waals surface area contributed by atoms with E-state index < -0.39 is 0 Å². The van der Waals surface area contributed by atoms with Crippen molar-refractivity contribution in [3.63, 3.8) is 0 Å². The molecular weight excluding hydrogens is 202 g/mol. The van der Waals surface area contributed by atoms with Gasteiger partial charge in [0.1, 0.15) is 0 Å². The van der Waals surface area contributed by atoms with Gasteiger partial charge in [-0.05, 0) is 30.2 Å². The van der Waals surface area contributed by atoms with Gasteiger partial charge in [-0.1, -0.05) is 12.1 Å². The Bertz CT molecular complexity index is 390. The molecule has 1 heterocycles. The normalized spacial score (nSPS) is 14.3. The predicted octanol–water partition coefficient (Wildman–Crippen LogP) is 0.0208. The van der Waals surface area contributed by atoms with E-state index in [1.54, 1.807) is 0 Å². The summed E-state index contributed by atoms with van der Waals surface area (Å²) < 4.78 is 0. The number of hydrogen-bond acceptors (Lipinski definition) is 3. The maximum Gasteiger partial charge on any atom is 0.251 e. The zero-order chi connectivity index (χ0) is 11.4. The smallest absolute Gasteiger partial charge is 0.251 e. The fourth-order valence-electron chi connectivity index (χ4n) is 2.01. The molecular formula is C12H17N3O. The molecule has 0 fully saturated rings. The van der Waals surface area contributed by atoms with E-state index in [9.17, 15) is 4.79 Å². The Morgan fingerprint density at radius 1 is 1.50 bits per heavy atom. The topological polar surface area (TPSA) is 67.1 Å². The van der Waals surface area contributed by atoms with Crippen LogP contribution >= 0.6 is 0 Å². The van der Waals surface area contributed by atoms with Gasteiger partial charge in [0.25, 0.3) is 5.91 Å². The third-order valence-electron chi connectivity index (χ3n) is 2.82. The van der Waals surface area contributed by atoms with Crippen LogP contribution in [0.1, 0.15) is 21.5 Å². The summed E-state index contributed by atoms with van der Waals surface area (Å²) >= 11 is 0. The lowest BCUT2D eigenvalue weighted by atomic mass is 9.95. The van der Waals surface area contributed by atoms with E-state index in [0.717, 1.165) is 30.6 Å². The Balaban J connectivity index is 2.23. The van der Waals surface area contributed by atoms with E-state index in [1.165, 1.54) is 5.56 Å². The van der Waals surface area contributed by atoms with Crippen LogP contribution in [0.5, 0.6) is 0 Å². The fourth-order valence-corrected chi connectivity index (χ4v) is 2.01. The number of hydrogen-bond donors (Lipinski definition) is 3. The highest BCUT2D eigenvalue weighted by molar-refractivity contribution is 5.96. The summed E-state index contributed by atoms with van der Waals surface area (Å²) in [5, 5.41) is 6.09. The highest BCUT2D eigenvalue weighted by atomic mass is 16.1. The van der Waals surface area contributed by atoms with Crippen molar-refractivity contribution in [3.05, 3.63) is 34.9 Å². The van der Waals surface area contributed by atoms with Crippen molar-refractivity contribution in [2.75, 3.05) is 19.6 Å². The van der Waals surface area contributed by atoms with Gasteiger partial charge in [-0.2, -0.15) is 0 Å². The van der Waals surface area contributed by atoms with Crippen LogP contribution in [-0.2, 0) is 13.0 Å². The molecule has 1 aliphatic rings. The Kier molecular flexibility index (Phi) is 3.54. The molecule has 1 aromatic carbocycles. The number of rotatable bonds is 3. The van der Waals surface area contributed by atoms with E-state index >= 15 is 0 Å². The van der Waals surface area contributed by atoms with Crippen molar-refractivity contribution in [1.29, 1.82) is 0 Å². The van der Waals surface area contributed by atoms with Crippen molar-refractivity contribution in [1.82, 2.24) is 10.6 Å². The first kappa shape index (κ1) is 11.1. The second-order valence-corrected chi connectivity index (χ2v) is 3.91. The maximum absolute atomic E-state index is 11.9. The van der Waals surface area contributed by atoms with Crippen LogP contribution in [0.3, 0.4) is 0 Å². The first-order chi connectivity index (χ1) is 7.83. The average molecular weight is 219 g/mol. The number of amides is 1. The molecule has 0 radical (unpaired) electrons. The number of carbonyl (C=O) groups is 1. The predicted molar refractivity (Wildman–Crippen MR) is 63.2 cm³/mol. The maximum atomic E-state index is 11.9. The molecule has 4 nitrogen and oxygen atoms in total. The molecule has 4 N–H and O–H groups in total. The minimum Gasteiger partial charge on any atom is -0.351 e. The largest absolute Gasteiger partial charge is 0.351 e. The number of benzene rings is 1. The molecule has 86 valence electrons. The third kappa shape index (κ3) is 2.23. The molecule has 1 aliphatic heterocycles. The molecule has 0 spiro atoms. The molecule has 4 heteroatoms. The van der Waals surface area contributed by atoms with Gasteiger partial charge in [-0.25, -0.2) is 0 Å². The van der Waals surface area contributed by atoms with Gasteiger partial charge < -0.3 is 16.4 Å². The quantitative estimate of drug-likeness (QED) is 0.671. The minimum atomic E-state index is -0.0222. The standard InChI is InChI=1S/C12H17N3O/c13-5-7-15-12(16)10-3-1-2-9-4-6-14-8-11(9)10/h1-3,14H,4-8,13H2,(H,15,16). The lowest BCUT2D eigenvalue weighted by Crippen LogP contribution is -2.32. The van der Waals surface area contributed by atoms with Gasteiger partial charge in [-0.3, -0.25) is 4.79 Å². The lowest BCUT2D eigenvalue weighted by molar-refractivity contribution is 0.0953. The number of carbonyl (C=O) groups excluding carboxylic acids is 1. The van der Waals surface area contributed by atoms with E-state index in [1.807, 2.05) is 12.1 Å². The van der Waals surface area contributed by atoms with Gasteiger partial charge in [0.2, 0.25) is 0 Å². The molecule has 2 rings (SSSR count). The van der Waals surface area contributed by atoms with Crippen molar-refractivity contribution in [2.45, 2.75) is 13.0 Å². The molecule has 1 amide bonds. The van der Waals surface area contributed by atoms with Crippen molar-refractivity contribution < 1.29 is 4.79 Å². The fraction of sp³-hybridized carbons (Fsp3) is 0.417. The zero-order valence-electron chi connectivity index (χ0n) is 9.25. The van der Waals surface area contributed by atoms with Gasteiger partial charge in [0.05, 0.1) is 0 Å². The van der Waals surface area contributed by atoms with Crippen molar-refractivity contribution in [2.24, 2.45) is 5.73 Å². The van der Waals surface area contributed by atoms with Crippen LogP contribution in [-0.4, -0.2) is 25.5 Å². The number of nitrogens with one attached hydrogen (secondary N) is 2. The Morgan fingerprint density at radius 2 is 2.38 bits per heavy atom. The number of fused-ring (bicyclic) bond motifs is 1. The summed E-state index contributed by atoms with van der Waals surface area (Å²) in [6.07, 6.45) is 0.993. The van der Waals surface area contributed by atoms with Crippen molar-refractivity contribution >= 4 is 5.91 Å². The van der Waals surface area contributed by atoms with Crippen LogP contribution in [0.2, 0.25) is 0 Å². The zero-order valence-corrected chi connectivity index (χ0v) is 9.25. The van der Waals surface area contributed by atoms with Gasteiger partial charge >= 0.3 is 0 Å². The summed E-state index contributed by atoms with van der Waals surface area (Å²) in [6, 6.07) is 5.91. The van der Waals surface area contributed by atoms with Crippen LogP contribution in [0.4, 0.5) is 0 Å². The number of nitrogens with two attached hydrogens (primary N) is 1. The van der Waals surface area contributed by atoms with Crippen molar-refractivity contribution in [3.8, 4) is 0 Å². The molecule has 0 unspecified atom stereocenters. The summed E-state index contributed by atoms with van der Waals surface area (Å²) in [5.41, 5.74) is 8.55. The SMILES string of the molecule is NCCNC(=O)c1cccc2c1CNCC2. The van der Waals surface area contributed by atoms with Gasteiger partial charge in [0, 0.05) is 25.2 Å². The highest BCUT2D eigenvalue weighted by Gasteiger charge is 2.16. The van der Waals surface area contributed by atoms with Crippen LogP contribution in [0.25, 0.3) is 0 Å². The molecule has 0 aromatic heterocycles. The molecule has 0 saturated carbocycles. The molecule has 1 aromatic rings. The van der Waals surface area contributed by atoms with Crippen LogP contribution in [0.15, 0.2) is 18.2 Å². The van der Waals surface area contributed by atoms with Gasteiger partial charge in [0.15, 0.2) is 0 Å². The average Bonchev–Trinajstić information content (AvgIpc) is 2.35. The Labute approximate surface area is 95.2 Å². The molecule has 0 atom stereocenters. The third-order valence-corrected chi connectivity index (χ3v) is 2.82. The van der Waals surface area contributed by atoms with Crippen LogP contribution in [0, 0.1) is 0 Å². The molecule has 16 heavy (non-hydrogen) atoms. The molecule has 0 saturated heterocycles. The summed E-state index contributed by atoms with van der Waals surface area (Å²) in [4.78, 5) is 11.9. The first-order valence-corrected chi connectivity index (χ1v) is 5.62. The lowest BCUT2D eigenvalue weighted by Gasteiger charge is -2.19. The van der Waals surface area contributed by atoms with E-state index in [-0.39, 0.29) is 5.91 Å². The van der Waals surface area contributed by atoms with Crippen LogP contribution < -0.4 is 16.4 Å². The highest BCUT2D eigenvalue weighted by Crippen LogP contribution is 2.18. The Hall–Kier alpha value is -1.39. The van der Waals surface area contributed by atoms with E-state index in [4.69, 9.17) is 5.73 Å². The summed E-state index contributed by atoms with van der Waals surface area (Å²) in [5.74, 6) is -0.0222. The van der Waals surface area contributed by atoms with E-state index in [2.05, 4.69) is 16.7 Å². The first-order valence-electron chi connectivity index (χ1n) is 5.62. The summed E-state index contributed by atoms with van der Waals surface area (Å²) in [7, 11) is 0. The Morgan fingerprint density at radius 3 is 3.19 bits per heavy atom. The van der Waals surface area contributed by atoms with Gasteiger partial charge in [-0.15, -0.1) is 0 Å². The molecule has 0 aliphatic carbocycles.